The molecule has 0 saturated heterocycles. The van der Waals surface area contributed by atoms with Gasteiger partial charge in [0.25, 0.3) is 0 Å². The molecule has 0 aliphatic heterocycles. The number of halogens is 1. The van der Waals surface area contributed by atoms with Crippen LogP contribution < -0.4 is 5.73 Å². The first-order valence-corrected chi connectivity index (χ1v) is 7.48. The molecule has 1 aromatic heterocycles. The second-order valence-electron chi connectivity index (χ2n) is 5.95. The lowest BCUT2D eigenvalue weighted by molar-refractivity contribution is 0.257. The van der Waals surface area contributed by atoms with E-state index >= 15 is 0 Å². The van der Waals surface area contributed by atoms with Gasteiger partial charge in [-0.3, -0.25) is 0 Å². The molecule has 1 aromatic carbocycles. The lowest BCUT2D eigenvalue weighted by Crippen LogP contribution is -2.36. The van der Waals surface area contributed by atoms with Crippen molar-refractivity contribution in [2.75, 3.05) is 0 Å². The molecule has 1 heterocycles. The number of nitrogens with zero attached hydrogens (tertiary/aromatic N) is 2. The molecule has 2 N–H and O–H groups in total. The Morgan fingerprint density at radius 2 is 1.90 bits per heavy atom. The maximum Gasteiger partial charge on any atom is 0.247 e. The molecule has 1 fully saturated rings. The van der Waals surface area contributed by atoms with E-state index in [2.05, 4.69) is 10.1 Å². The van der Waals surface area contributed by atoms with E-state index < -0.39 is 5.54 Å². The minimum absolute atomic E-state index is 0.265. The third-order valence-corrected chi connectivity index (χ3v) is 4.28. The summed E-state index contributed by atoms with van der Waals surface area (Å²) in [7, 11) is 0. The summed E-state index contributed by atoms with van der Waals surface area (Å²) in [6.07, 6.45) is 6.33. The fraction of sp³-hybridized carbons (Fsp3) is 0.500. The van der Waals surface area contributed by atoms with Crippen molar-refractivity contribution in [2.24, 2.45) is 5.73 Å². The van der Waals surface area contributed by atoms with Gasteiger partial charge in [0.1, 0.15) is 5.82 Å². The minimum Gasteiger partial charge on any atom is -0.337 e. The maximum atomic E-state index is 13.2. The number of benzene rings is 1. The van der Waals surface area contributed by atoms with E-state index in [0.29, 0.717) is 11.7 Å². The molecule has 0 spiro atoms. The number of hydrogen-bond donors (Lipinski definition) is 1. The van der Waals surface area contributed by atoms with Crippen LogP contribution in [-0.4, -0.2) is 10.1 Å². The SMILES string of the molecule is Cc1cc(F)ccc1-c1noc(C2(N)CCCCCC2)n1. The van der Waals surface area contributed by atoms with Gasteiger partial charge in [-0.25, -0.2) is 4.39 Å². The standard InChI is InChI=1S/C16H20FN3O/c1-11-10-12(17)6-7-13(11)14-19-15(21-20-14)16(18)8-4-2-3-5-9-16/h6-7,10H,2-5,8-9,18H2,1H3. The summed E-state index contributed by atoms with van der Waals surface area (Å²) in [5, 5.41) is 4.04. The molecule has 4 nitrogen and oxygen atoms in total. The van der Waals surface area contributed by atoms with Crippen molar-refractivity contribution in [2.45, 2.75) is 51.0 Å². The summed E-state index contributed by atoms with van der Waals surface area (Å²) in [6, 6.07) is 4.55. The Hall–Kier alpha value is -1.75. The predicted molar refractivity (Wildman–Crippen MR) is 78.0 cm³/mol. The number of hydrogen-bond acceptors (Lipinski definition) is 4. The first-order chi connectivity index (χ1) is 10.1. The van der Waals surface area contributed by atoms with Crippen molar-refractivity contribution >= 4 is 0 Å². The number of aromatic nitrogens is 2. The molecule has 0 amide bonds. The summed E-state index contributed by atoms with van der Waals surface area (Å²) in [4.78, 5) is 4.48. The first kappa shape index (κ1) is 14.2. The van der Waals surface area contributed by atoms with Crippen molar-refractivity contribution in [3.05, 3.63) is 35.5 Å². The second-order valence-corrected chi connectivity index (χ2v) is 5.95. The molecule has 3 rings (SSSR count). The van der Waals surface area contributed by atoms with Gasteiger partial charge in [0.2, 0.25) is 11.7 Å². The van der Waals surface area contributed by atoms with Gasteiger partial charge in [-0.2, -0.15) is 4.98 Å². The van der Waals surface area contributed by atoms with Crippen molar-refractivity contribution < 1.29 is 8.91 Å². The lowest BCUT2D eigenvalue weighted by atomic mass is 9.91. The predicted octanol–water partition coefficient (Wildman–Crippen LogP) is 3.69. The maximum absolute atomic E-state index is 13.2. The topological polar surface area (TPSA) is 64.9 Å². The zero-order chi connectivity index (χ0) is 14.9. The number of nitrogens with two attached hydrogens (primary N) is 1. The highest BCUT2D eigenvalue weighted by molar-refractivity contribution is 5.59. The lowest BCUT2D eigenvalue weighted by Gasteiger charge is -2.22. The molecule has 1 saturated carbocycles. The molecule has 1 aliphatic rings. The molecule has 2 aromatic rings. The molecule has 0 bridgehead atoms. The molecule has 0 atom stereocenters. The Kier molecular flexibility index (Phi) is 3.76. The molecule has 0 unspecified atom stereocenters. The van der Waals surface area contributed by atoms with Crippen molar-refractivity contribution in [3.63, 3.8) is 0 Å². The van der Waals surface area contributed by atoms with Crippen molar-refractivity contribution in [1.29, 1.82) is 0 Å². The normalized spacial score (nSPS) is 18.4. The van der Waals surface area contributed by atoms with E-state index in [-0.39, 0.29) is 5.82 Å². The number of rotatable bonds is 2. The van der Waals surface area contributed by atoms with Crippen LogP contribution in [0.25, 0.3) is 11.4 Å². The van der Waals surface area contributed by atoms with Crippen molar-refractivity contribution in [1.82, 2.24) is 10.1 Å². The Morgan fingerprint density at radius 1 is 1.19 bits per heavy atom. The highest BCUT2D eigenvalue weighted by Gasteiger charge is 2.34. The molecular formula is C16H20FN3O. The average Bonchev–Trinajstić information content (AvgIpc) is 2.83. The van der Waals surface area contributed by atoms with Crippen LogP contribution in [0.2, 0.25) is 0 Å². The molecular weight excluding hydrogens is 269 g/mol. The van der Waals surface area contributed by atoms with Crippen LogP contribution in [0.5, 0.6) is 0 Å². The fourth-order valence-electron chi connectivity index (χ4n) is 2.99. The van der Waals surface area contributed by atoms with Gasteiger partial charge in [0.15, 0.2) is 0 Å². The zero-order valence-corrected chi connectivity index (χ0v) is 12.2. The third kappa shape index (κ3) is 2.83. The smallest absolute Gasteiger partial charge is 0.247 e. The summed E-state index contributed by atoms with van der Waals surface area (Å²) >= 11 is 0. The Morgan fingerprint density at radius 3 is 2.57 bits per heavy atom. The van der Waals surface area contributed by atoms with E-state index in [0.717, 1.165) is 36.8 Å². The van der Waals surface area contributed by atoms with Crippen LogP contribution >= 0.6 is 0 Å². The van der Waals surface area contributed by atoms with Gasteiger partial charge in [-0.1, -0.05) is 30.8 Å². The summed E-state index contributed by atoms with van der Waals surface area (Å²) in [6.45, 7) is 1.83. The third-order valence-electron chi connectivity index (χ3n) is 4.28. The highest BCUT2D eigenvalue weighted by Crippen LogP contribution is 2.34. The monoisotopic (exact) mass is 289 g/mol. The van der Waals surface area contributed by atoms with E-state index in [4.69, 9.17) is 10.3 Å². The van der Waals surface area contributed by atoms with Crippen LogP contribution in [0, 0.1) is 12.7 Å². The van der Waals surface area contributed by atoms with Crippen LogP contribution in [0.15, 0.2) is 22.7 Å². The largest absolute Gasteiger partial charge is 0.337 e. The van der Waals surface area contributed by atoms with Gasteiger partial charge >= 0.3 is 0 Å². The quantitative estimate of drug-likeness (QED) is 0.856. The average molecular weight is 289 g/mol. The molecule has 5 heteroatoms. The molecule has 0 radical (unpaired) electrons. The van der Waals surface area contributed by atoms with Crippen molar-refractivity contribution in [3.8, 4) is 11.4 Å². The first-order valence-electron chi connectivity index (χ1n) is 7.48. The second kappa shape index (κ2) is 5.56. The van der Waals surface area contributed by atoms with Gasteiger partial charge in [0.05, 0.1) is 5.54 Å². The van der Waals surface area contributed by atoms with Gasteiger partial charge in [-0.05, 0) is 43.5 Å². The fourth-order valence-corrected chi connectivity index (χ4v) is 2.99. The summed E-state index contributed by atoms with van der Waals surface area (Å²) in [5.74, 6) is 0.721. The van der Waals surface area contributed by atoms with E-state index in [1.807, 2.05) is 6.92 Å². The Balaban J connectivity index is 1.92. The van der Waals surface area contributed by atoms with E-state index in [1.165, 1.54) is 25.0 Å². The minimum atomic E-state index is -0.518. The van der Waals surface area contributed by atoms with Gasteiger partial charge in [-0.15, -0.1) is 0 Å². The molecule has 21 heavy (non-hydrogen) atoms. The summed E-state index contributed by atoms with van der Waals surface area (Å²) < 4.78 is 18.6. The van der Waals surface area contributed by atoms with Gasteiger partial charge in [0, 0.05) is 5.56 Å². The molecule has 1 aliphatic carbocycles. The van der Waals surface area contributed by atoms with Gasteiger partial charge < -0.3 is 10.3 Å². The van der Waals surface area contributed by atoms with E-state index in [9.17, 15) is 4.39 Å². The summed E-state index contributed by atoms with van der Waals surface area (Å²) in [5.41, 5.74) is 7.53. The Bertz CT molecular complexity index is 630. The van der Waals surface area contributed by atoms with Crippen LogP contribution in [-0.2, 0) is 5.54 Å². The van der Waals surface area contributed by atoms with Crippen LogP contribution in [0.3, 0.4) is 0 Å². The van der Waals surface area contributed by atoms with Crippen LogP contribution in [0.4, 0.5) is 4.39 Å². The Labute approximate surface area is 123 Å². The number of aryl methyl sites for hydroxylation is 1. The highest BCUT2D eigenvalue weighted by atomic mass is 19.1. The molecule has 112 valence electrons. The van der Waals surface area contributed by atoms with Crippen LogP contribution in [0.1, 0.15) is 50.0 Å². The zero-order valence-electron chi connectivity index (χ0n) is 12.2. The van der Waals surface area contributed by atoms with E-state index in [1.54, 1.807) is 6.07 Å².